The van der Waals surface area contributed by atoms with Crippen LogP contribution in [-0.4, -0.2) is 56.0 Å². The van der Waals surface area contributed by atoms with Crippen LogP contribution in [0.2, 0.25) is 0 Å². The third kappa shape index (κ3) is 11.6. The van der Waals surface area contributed by atoms with E-state index in [1.165, 1.54) is 6.08 Å². The first kappa shape index (κ1) is 29.9. The predicted molar refractivity (Wildman–Crippen MR) is 141 cm³/mol. The quantitative estimate of drug-likeness (QED) is 0.150. The van der Waals surface area contributed by atoms with Gasteiger partial charge in [-0.2, -0.15) is 0 Å². The molecule has 38 heavy (non-hydrogen) atoms. The summed E-state index contributed by atoms with van der Waals surface area (Å²) < 4.78 is 26.3. The van der Waals surface area contributed by atoms with E-state index >= 15 is 0 Å². The highest BCUT2D eigenvalue weighted by atomic mass is 16.6. The fraction of sp³-hybridized carbons (Fsp3) is 0.276. The smallest absolute Gasteiger partial charge is 0.336 e. The SMILES string of the molecule is C=C(C)C(=O)OCCOc1ccc(/C=C/C(=O)Oc2ccc(OCCCCOC(=O)C(=C)CO)cc2)cc1. The average molecular weight is 525 g/mol. The maximum Gasteiger partial charge on any atom is 0.336 e. The second-order valence-electron chi connectivity index (χ2n) is 8.01. The van der Waals surface area contributed by atoms with Gasteiger partial charge in [0.05, 0.1) is 25.4 Å². The molecule has 0 unspecified atom stereocenters. The molecule has 0 saturated heterocycles. The van der Waals surface area contributed by atoms with Crippen molar-refractivity contribution in [3.8, 4) is 17.2 Å². The van der Waals surface area contributed by atoms with Crippen molar-refractivity contribution in [2.75, 3.05) is 33.0 Å². The minimum Gasteiger partial charge on any atom is -0.494 e. The van der Waals surface area contributed by atoms with E-state index < -0.39 is 24.5 Å². The molecule has 9 nitrogen and oxygen atoms in total. The van der Waals surface area contributed by atoms with E-state index in [1.54, 1.807) is 61.5 Å². The van der Waals surface area contributed by atoms with Crippen LogP contribution in [-0.2, 0) is 23.9 Å². The molecule has 0 spiro atoms. The van der Waals surface area contributed by atoms with Gasteiger partial charge in [-0.1, -0.05) is 25.3 Å². The Morgan fingerprint density at radius 3 is 1.95 bits per heavy atom. The minimum absolute atomic E-state index is 0.0234. The zero-order valence-electron chi connectivity index (χ0n) is 21.4. The number of aliphatic hydroxyl groups excluding tert-OH is 1. The molecule has 0 atom stereocenters. The van der Waals surface area contributed by atoms with E-state index in [4.69, 9.17) is 28.8 Å². The summed E-state index contributed by atoms with van der Waals surface area (Å²) in [6.07, 6.45) is 4.21. The molecule has 2 aromatic carbocycles. The summed E-state index contributed by atoms with van der Waals surface area (Å²) in [6.45, 7) is 9.03. The first-order valence-corrected chi connectivity index (χ1v) is 11.9. The number of ether oxygens (including phenoxy) is 5. The molecule has 2 aromatic rings. The predicted octanol–water partition coefficient (Wildman–Crippen LogP) is 4.05. The Kier molecular flexibility index (Phi) is 12.9. The van der Waals surface area contributed by atoms with Crippen LogP contribution in [0.3, 0.4) is 0 Å². The Bertz CT molecular complexity index is 1120. The molecule has 0 bridgehead atoms. The van der Waals surface area contributed by atoms with Crippen molar-refractivity contribution >= 4 is 24.0 Å². The maximum absolute atomic E-state index is 12.1. The van der Waals surface area contributed by atoms with E-state index in [9.17, 15) is 14.4 Å². The molecule has 2 rings (SSSR count). The third-order valence-electron chi connectivity index (χ3n) is 4.79. The van der Waals surface area contributed by atoms with Crippen LogP contribution in [0.1, 0.15) is 25.3 Å². The van der Waals surface area contributed by atoms with Gasteiger partial charge in [0.1, 0.15) is 30.5 Å². The van der Waals surface area contributed by atoms with E-state index in [2.05, 4.69) is 13.2 Å². The van der Waals surface area contributed by atoms with Crippen molar-refractivity contribution in [2.24, 2.45) is 0 Å². The van der Waals surface area contributed by atoms with Crippen LogP contribution in [0.5, 0.6) is 17.2 Å². The molecule has 9 heteroatoms. The number of carbonyl (C=O) groups is 3. The Morgan fingerprint density at radius 1 is 0.763 bits per heavy atom. The van der Waals surface area contributed by atoms with Gasteiger partial charge in [-0.25, -0.2) is 14.4 Å². The highest BCUT2D eigenvalue weighted by Gasteiger charge is 2.07. The van der Waals surface area contributed by atoms with Crippen LogP contribution in [0.15, 0.2) is 78.9 Å². The van der Waals surface area contributed by atoms with E-state index in [0.717, 1.165) is 5.56 Å². The van der Waals surface area contributed by atoms with E-state index in [-0.39, 0.29) is 25.4 Å². The highest BCUT2D eigenvalue weighted by molar-refractivity contribution is 5.89. The fourth-order valence-electron chi connectivity index (χ4n) is 2.74. The first-order valence-electron chi connectivity index (χ1n) is 11.9. The molecule has 0 amide bonds. The number of aliphatic hydroxyl groups is 1. The second kappa shape index (κ2) is 16.4. The van der Waals surface area contributed by atoms with Crippen LogP contribution in [0, 0.1) is 0 Å². The van der Waals surface area contributed by atoms with Gasteiger partial charge in [-0.3, -0.25) is 0 Å². The zero-order chi connectivity index (χ0) is 27.8. The lowest BCUT2D eigenvalue weighted by Gasteiger charge is -2.08. The van der Waals surface area contributed by atoms with Gasteiger partial charge in [-0.05, 0) is 67.8 Å². The van der Waals surface area contributed by atoms with Crippen LogP contribution >= 0.6 is 0 Å². The van der Waals surface area contributed by atoms with E-state index in [0.29, 0.717) is 42.3 Å². The molecule has 0 aliphatic heterocycles. The molecule has 202 valence electrons. The number of rotatable bonds is 16. The molecule has 0 aliphatic carbocycles. The van der Waals surface area contributed by atoms with Crippen molar-refractivity contribution < 1.29 is 43.2 Å². The van der Waals surface area contributed by atoms with Gasteiger partial charge >= 0.3 is 17.9 Å². The second-order valence-corrected chi connectivity index (χ2v) is 8.01. The Hall–Kier alpha value is -4.37. The summed E-state index contributed by atoms with van der Waals surface area (Å²) in [7, 11) is 0. The lowest BCUT2D eigenvalue weighted by Crippen LogP contribution is -2.12. The van der Waals surface area contributed by atoms with Crippen molar-refractivity contribution in [2.45, 2.75) is 19.8 Å². The number of hydrogen-bond acceptors (Lipinski definition) is 9. The minimum atomic E-state index is -0.603. The Morgan fingerprint density at radius 2 is 1.32 bits per heavy atom. The van der Waals surface area contributed by atoms with Crippen LogP contribution in [0.25, 0.3) is 6.08 Å². The first-order chi connectivity index (χ1) is 18.3. The average Bonchev–Trinajstić information content (AvgIpc) is 2.92. The summed E-state index contributed by atoms with van der Waals surface area (Å²) in [6, 6.07) is 13.7. The van der Waals surface area contributed by atoms with Gasteiger partial charge in [0.15, 0.2) is 0 Å². The monoisotopic (exact) mass is 524 g/mol. The Labute approximate surface area is 221 Å². The van der Waals surface area contributed by atoms with Gasteiger partial charge in [0, 0.05) is 11.6 Å². The lowest BCUT2D eigenvalue weighted by atomic mass is 10.2. The third-order valence-corrected chi connectivity index (χ3v) is 4.79. The summed E-state index contributed by atoms with van der Waals surface area (Å²) >= 11 is 0. The zero-order valence-corrected chi connectivity index (χ0v) is 21.4. The molecule has 0 saturated carbocycles. The van der Waals surface area contributed by atoms with Crippen molar-refractivity contribution in [3.63, 3.8) is 0 Å². The molecular formula is C29H32O9. The molecule has 0 fully saturated rings. The largest absolute Gasteiger partial charge is 0.494 e. The summed E-state index contributed by atoms with van der Waals surface area (Å²) in [4.78, 5) is 34.8. The topological polar surface area (TPSA) is 118 Å². The molecular weight excluding hydrogens is 492 g/mol. The number of unbranched alkanes of at least 4 members (excludes halogenated alkanes) is 1. The molecule has 0 heterocycles. The number of benzene rings is 2. The normalized spacial score (nSPS) is 10.5. The number of hydrogen-bond donors (Lipinski definition) is 1. The van der Waals surface area contributed by atoms with Crippen LogP contribution < -0.4 is 14.2 Å². The van der Waals surface area contributed by atoms with Crippen molar-refractivity contribution in [3.05, 3.63) is 84.5 Å². The van der Waals surface area contributed by atoms with Gasteiger partial charge in [0.25, 0.3) is 0 Å². The standard InChI is InChI=1S/C29H32O9/c1-21(2)28(32)37-19-18-35-24-9-6-23(7-10-24)8-15-27(31)38-26-13-11-25(12-14-26)34-16-4-5-17-36-29(33)22(3)20-30/h6-15,30H,1,3-5,16-20H2,2H3/b15-8+. The van der Waals surface area contributed by atoms with Gasteiger partial charge < -0.3 is 28.8 Å². The highest BCUT2D eigenvalue weighted by Crippen LogP contribution is 2.19. The Balaban J connectivity index is 1.66. The van der Waals surface area contributed by atoms with Gasteiger partial charge in [0.2, 0.25) is 0 Å². The molecule has 0 radical (unpaired) electrons. The fourth-order valence-corrected chi connectivity index (χ4v) is 2.74. The molecule has 0 aliphatic rings. The number of carbonyl (C=O) groups excluding carboxylic acids is 3. The van der Waals surface area contributed by atoms with Crippen molar-refractivity contribution in [1.29, 1.82) is 0 Å². The molecule has 1 N–H and O–H groups in total. The lowest BCUT2D eigenvalue weighted by molar-refractivity contribution is -0.140. The molecule has 0 aromatic heterocycles. The maximum atomic E-state index is 12.1. The summed E-state index contributed by atoms with van der Waals surface area (Å²) in [5.41, 5.74) is 1.13. The summed E-state index contributed by atoms with van der Waals surface area (Å²) in [5.74, 6) is -0.000185. The summed E-state index contributed by atoms with van der Waals surface area (Å²) in [5, 5.41) is 8.81. The van der Waals surface area contributed by atoms with Gasteiger partial charge in [-0.15, -0.1) is 0 Å². The van der Waals surface area contributed by atoms with E-state index in [1.807, 2.05) is 0 Å². The van der Waals surface area contributed by atoms with Crippen molar-refractivity contribution in [1.82, 2.24) is 0 Å². The van der Waals surface area contributed by atoms with Crippen LogP contribution in [0.4, 0.5) is 0 Å². The number of esters is 3.